The van der Waals surface area contributed by atoms with Gasteiger partial charge in [0.15, 0.2) is 5.78 Å². The van der Waals surface area contributed by atoms with Crippen molar-refractivity contribution in [3.63, 3.8) is 0 Å². The van der Waals surface area contributed by atoms with Crippen LogP contribution in [-0.4, -0.2) is 59.3 Å². The van der Waals surface area contributed by atoms with E-state index in [9.17, 15) is 9.59 Å². The minimum absolute atomic E-state index is 0.0102. The molecular formula is C23H27N5O2. The zero-order chi connectivity index (χ0) is 20.9. The molecule has 0 saturated carbocycles. The molecule has 0 radical (unpaired) electrons. The molecule has 1 fully saturated rings. The lowest BCUT2D eigenvalue weighted by Crippen LogP contribution is -2.33. The van der Waals surface area contributed by atoms with Crippen LogP contribution < -0.4 is 10.2 Å². The third-order valence-corrected chi connectivity index (χ3v) is 5.50. The first-order valence-corrected chi connectivity index (χ1v) is 10.4. The number of aromatic amines is 1. The summed E-state index contributed by atoms with van der Waals surface area (Å²) in [5.74, 6) is 0.930. The van der Waals surface area contributed by atoms with Crippen LogP contribution in [0.5, 0.6) is 0 Å². The third-order valence-electron chi connectivity index (χ3n) is 5.50. The normalized spacial score (nSPS) is 15.2. The van der Waals surface area contributed by atoms with Gasteiger partial charge in [-0.2, -0.15) is 0 Å². The molecule has 2 N–H and O–H groups in total. The van der Waals surface area contributed by atoms with Crippen molar-refractivity contribution in [2.75, 3.05) is 42.9 Å². The number of anilines is 2. The topological polar surface area (TPSA) is 81.3 Å². The lowest BCUT2D eigenvalue weighted by atomic mass is 10.1. The molecule has 3 aromatic rings. The van der Waals surface area contributed by atoms with Crippen LogP contribution >= 0.6 is 0 Å². The molecule has 4 rings (SSSR count). The molecule has 1 aliphatic heterocycles. The highest BCUT2D eigenvalue weighted by Crippen LogP contribution is 2.18. The second kappa shape index (κ2) is 9.09. The molecule has 0 aliphatic carbocycles. The average molecular weight is 406 g/mol. The van der Waals surface area contributed by atoms with Crippen molar-refractivity contribution in [3.05, 3.63) is 54.1 Å². The Morgan fingerprint density at radius 1 is 1.03 bits per heavy atom. The molecule has 30 heavy (non-hydrogen) atoms. The van der Waals surface area contributed by atoms with Gasteiger partial charge in [-0.1, -0.05) is 12.1 Å². The number of hydrogen-bond donors (Lipinski definition) is 2. The average Bonchev–Trinajstić information content (AvgIpc) is 3.03. The highest BCUT2D eigenvalue weighted by atomic mass is 16.1. The predicted molar refractivity (Wildman–Crippen MR) is 119 cm³/mol. The Kier molecular flexibility index (Phi) is 6.09. The maximum atomic E-state index is 12.3. The number of carbonyl (C=O) groups excluding carboxylic acids is 2. The molecule has 156 valence electrons. The minimum atomic E-state index is -0.0102. The van der Waals surface area contributed by atoms with E-state index >= 15 is 0 Å². The summed E-state index contributed by atoms with van der Waals surface area (Å²) in [7, 11) is 0. The number of carbonyl (C=O) groups is 2. The zero-order valence-electron chi connectivity index (χ0n) is 17.2. The number of amides is 1. The number of Topliss-reactive ketones (excluding diaryl/α,β-unsaturated/α-hetero) is 1. The van der Waals surface area contributed by atoms with Crippen LogP contribution in [0.25, 0.3) is 11.0 Å². The van der Waals surface area contributed by atoms with Crippen LogP contribution in [0.4, 0.5) is 11.6 Å². The SMILES string of the molecule is CC(=O)c1ccc(NC(=O)CCN2CCCN(c3nc4ccccc4[nH]3)CC2)cc1. The Labute approximate surface area is 176 Å². The fourth-order valence-electron chi connectivity index (χ4n) is 3.77. The number of H-pyrrole nitrogens is 1. The first-order valence-electron chi connectivity index (χ1n) is 10.4. The van der Waals surface area contributed by atoms with Crippen molar-refractivity contribution in [2.24, 2.45) is 0 Å². The smallest absolute Gasteiger partial charge is 0.225 e. The van der Waals surface area contributed by atoms with Gasteiger partial charge in [-0.15, -0.1) is 0 Å². The number of imidazole rings is 1. The molecule has 2 aromatic carbocycles. The van der Waals surface area contributed by atoms with Crippen molar-refractivity contribution >= 4 is 34.4 Å². The number of fused-ring (bicyclic) bond motifs is 1. The summed E-state index contributed by atoms with van der Waals surface area (Å²) in [6.45, 7) is 5.96. The molecule has 2 heterocycles. The monoisotopic (exact) mass is 405 g/mol. The Morgan fingerprint density at radius 2 is 1.83 bits per heavy atom. The fraction of sp³-hybridized carbons (Fsp3) is 0.348. The van der Waals surface area contributed by atoms with Gasteiger partial charge in [-0.05, 0) is 56.3 Å². The summed E-state index contributed by atoms with van der Waals surface area (Å²) >= 11 is 0. The lowest BCUT2D eigenvalue weighted by molar-refractivity contribution is -0.116. The van der Waals surface area contributed by atoms with Gasteiger partial charge in [0.05, 0.1) is 11.0 Å². The number of hydrogen-bond acceptors (Lipinski definition) is 5. The van der Waals surface area contributed by atoms with E-state index in [1.807, 2.05) is 24.3 Å². The van der Waals surface area contributed by atoms with Gasteiger partial charge in [0, 0.05) is 43.9 Å². The molecule has 0 spiro atoms. The molecule has 0 atom stereocenters. The Bertz CT molecular complexity index is 995. The van der Waals surface area contributed by atoms with Crippen molar-refractivity contribution < 1.29 is 9.59 Å². The van der Waals surface area contributed by atoms with Gasteiger partial charge in [0.1, 0.15) is 0 Å². The number of rotatable bonds is 6. The van der Waals surface area contributed by atoms with E-state index < -0.39 is 0 Å². The van der Waals surface area contributed by atoms with E-state index in [4.69, 9.17) is 4.98 Å². The molecule has 7 nitrogen and oxygen atoms in total. The number of nitrogens with zero attached hydrogens (tertiary/aromatic N) is 3. The first-order chi connectivity index (χ1) is 14.6. The summed E-state index contributed by atoms with van der Waals surface area (Å²) in [6, 6.07) is 15.1. The van der Waals surface area contributed by atoms with Crippen LogP contribution in [-0.2, 0) is 4.79 Å². The van der Waals surface area contributed by atoms with Gasteiger partial charge in [-0.3, -0.25) is 9.59 Å². The second-order valence-corrected chi connectivity index (χ2v) is 7.69. The van der Waals surface area contributed by atoms with E-state index in [1.54, 1.807) is 24.3 Å². The molecule has 1 amide bonds. The number of para-hydroxylation sites is 2. The van der Waals surface area contributed by atoms with Gasteiger partial charge in [0.2, 0.25) is 11.9 Å². The van der Waals surface area contributed by atoms with Crippen LogP contribution in [0.15, 0.2) is 48.5 Å². The maximum Gasteiger partial charge on any atom is 0.225 e. The molecule has 1 aliphatic rings. The van der Waals surface area contributed by atoms with Crippen molar-refractivity contribution in [3.8, 4) is 0 Å². The number of nitrogens with one attached hydrogen (secondary N) is 2. The molecule has 1 aromatic heterocycles. The van der Waals surface area contributed by atoms with Crippen molar-refractivity contribution in [2.45, 2.75) is 19.8 Å². The van der Waals surface area contributed by atoms with Crippen LogP contribution in [0.1, 0.15) is 30.1 Å². The quantitative estimate of drug-likeness (QED) is 0.615. The molecule has 7 heteroatoms. The summed E-state index contributed by atoms with van der Waals surface area (Å²) in [6.07, 6.45) is 1.48. The largest absolute Gasteiger partial charge is 0.341 e. The molecule has 0 unspecified atom stereocenters. The zero-order valence-corrected chi connectivity index (χ0v) is 17.2. The summed E-state index contributed by atoms with van der Waals surface area (Å²) in [5.41, 5.74) is 3.41. The molecule has 1 saturated heterocycles. The lowest BCUT2D eigenvalue weighted by Gasteiger charge is -2.21. The van der Waals surface area contributed by atoms with E-state index in [-0.39, 0.29) is 11.7 Å². The van der Waals surface area contributed by atoms with Crippen molar-refractivity contribution in [1.29, 1.82) is 0 Å². The second-order valence-electron chi connectivity index (χ2n) is 7.69. The maximum absolute atomic E-state index is 12.3. The fourth-order valence-corrected chi connectivity index (χ4v) is 3.77. The number of ketones is 1. The van der Waals surface area contributed by atoms with Crippen LogP contribution in [0, 0.1) is 0 Å². The Hall–Kier alpha value is -3.19. The van der Waals surface area contributed by atoms with Gasteiger partial charge < -0.3 is 20.1 Å². The number of aromatic nitrogens is 2. The molecule has 0 bridgehead atoms. The summed E-state index contributed by atoms with van der Waals surface area (Å²) in [4.78, 5) is 36.4. The minimum Gasteiger partial charge on any atom is -0.341 e. The Balaban J connectivity index is 1.26. The summed E-state index contributed by atoms with van der Waals surface area (Å²) in [5, 5.41) is 2.91. The van der Waals surface area contributed by atoms with Crippen molar-refractivity contribution in [1.82, 2.24) is 14.9 Å². The van der Waals surface area contributed by atoms with Gasteiger partial charge in [0.25, 0.3) is 0 Å². The van der Waals surface area contributed by atoms with Crippen LogP contribution in [0.2, 0.25) is 0 Å². The number of benzene rings is 2. The first kappa shape index (κ1) is 20.1. The van der Waals surface area contributed by atoms with Gasteiger partial charge in [-0.25, -0.2) is 4.98 Å². The summed E-state index contributed by atoms with van der Waals surface area (Å²) < 4.78 is 0. The standard InChI is InChI=1S/C23H27N5O2/c1-17(29)18-7-9-19(10-8-18)24-22(30)11-14-27-12-4-13-28(16-15-27)23-25-20-5-2-3-6-21(20)26-23/h2-3,5-10H,4,11-16H2,1H3,(H,24,30)(H,25,26). The van der Waals surface area contributed by atoms with Crippen LogP contribution in [0.3, 0.4) is 0 Å². The molecular weight excluding hydrogens is 378 g/mol. The highest BCUT2D eigenvalue weighted by molar-refractivity contribution is 5.95. The Morgan fingerprint density at radius 3 is 2.60 bits per heavy atom. The third kappa shape index (κ3) is 4.86. The van der Waals surface area contributed by atoms with E-state index in [0.717, 1.165) is 61.8 Å². The highest BCUT2D eigenvalue weighted by Gasteiger charge is 2.18. The van der Waals surface area contributed by atoms with E-state index in [2.05, 4.69) is 20.1 Å². The van der Waals surface area contributed by atoms with Gasteiger partial charge >= 0.3 is 0 Å². The predicted octanol–water partition coefficient (Wildman–Crippen LogP) is 3.31. The van der Waals surface area contributed by atoms with E-state index in [1.165, 1.54) is 6.92 Å². The van der Waals surface area contributed by atoms with E-state index in [0.29, 0.717) is 12.0 Å².